The van der Waals surface area contributed by atoms with E-state index in [-0.39, 0.29) is 16.5 Å². The molecule has 1 fully saturated rings. The van der Waals surface area contributed by atoms with Crippen LogP contribution in [-0.2, 0) is 4.79 Å². The number of benzene rings is 1. The Kier molecular flexibility index (Phi) is 3.75. The standard InChI is InChI=1S/C14H13ClN2OS2/c1-8-7-16-14(19-8)17-12(18)9(2)20-13(17)10-3-5-11(15)6-4-10/h3-7,9,13H,1-2H3/t9-,13+/m1/s1. The molecule has 1 aromatic heterocycles. The minimum Gasteiger partial charge on any atom is -0.273 e. The van der Waals surface area contributed by atoms with Crippen LogP contribution in [0, 0.1) is 6.92 Å². The molecule has 2 atom stereocenters. The van der Waals surface area contributed by atoms with Crippen molar-refractivity contribution in [1.82, 2.24) is 4.98 Å². The molecular formula is C14H13ClN2OS2. The summed E-state index contributed by atoms with van der Waals surface area (Å²) in [7, 11) is 0. The van der Waals surface area contributed by atoms with E-state index < -0.39 is 0 Å². The summed E-state index contributed by atoms with van der Waals surface area (Å²) in [5.41, 5.74) is 1.07. The Labute approximate surface area is 131 Å². The fourth-order valence-electron chi connectivity index (χ4n) is 2.13. The molecule has 0 bridgehead atoms. The SMILES string of the molecule is Cc1cnc(N2C(=O)[C@@H](C)S[C@H]2c2ccc(Cl)cc2)s1. The second kappa shape index (κ2) is 5.39. The van der Waals surface area contributed by atoms with Gasteiger partial charge in [0.1, 0.15) is 5.37 Å². The molecule has 0 radical (unpaired) electrons. The van der Waals surface area contributed by atoms with Crippen molar-refractivity contribution in [3.8, 4) is 0 Å². The van der Waals surface area contributed by atoms with Gasteiger partial charge in [-0.1, -0.05) is 23.7 Å². The topological polar surface area (TPSA) is 33.2 Å². The van der Waals surface area contributed by atoms with Gasteiger partial charge in [-0.2, -0.15) is 0 Å². The largest absolute Gasteiger partial charge is 0.273 e. The number of amides is 1. The third-order valence-electron chi connectivity index (χ3n) is 3.12. The van der Waals surface area contributed by atoms with Crippen LogP contribution in [0.15, 0.2) is 30.5 Å². The fraction of sp³-hybridized carbons (Fsp3) is 0.286. The third kappa shape index (κ3) is 2.45. The lowest BCUT2D eigenvalue weighted by Gasteiger charge is -2.21. The molecule has 20 heavy (non-hydrogen) atoms. The van der Waals surface area contributed by atoms with Gasteiger partial charge in [0.2, 0.25) is 5.91 Å². The van der Waals surface area contributed by atoms with Crippen LogP contribution in [0.2, 0.25) is 5.02 Å². The second-order valence-electron chi connectivity index (χ2n) is 4.64. The van der Waals surface area contributed by atoms with E-state index in [4.69, 9.17) is 11.6 Å². The zero-order valence-corrected chi connectivity index (χ0v) is 13.4. The first-order valence-electron chi connectivity index (χ1n) is 6.22. The zero-order valence-electron chi connectivity index (χ0n) is 11.0. The van der Waals surface area contributed by atoms with E-state index in [1.807, 2.05) is 38.1 Å². The molecule has 1 amide bonds. The molecule has 1 aliphatic rings. The van der Waals surface area contributed by atoms with Crippen molar-refractivity contribution in [2.45, 2.75) is 24.5 Å². The summed E-state index contributed by atoms with van der Waals surface area (Å²) < 4.78 is 0. The van der Waals surface area contributed by atoms with E-state index in [9.17, 15) is 4.79 Å². The lowest BCUT2D eigenvalue weighted by atomic mass is 10.2. The Balaban J connectivity index is 2.00. The maximum Gasteiger partial charge on any atom is 0.242 e. The highest BCUT2D eigenvalue weighted by Gasteiger charge is 2.40. The molecule has 2 aromatic rings. The van der Waals surface area contributed by atoms with Crippen LogP contribution in [0.5, 0.6) is 0 Å². The highest BCUT2D eigenvalue weighted by atomic mass is 35.5. The van der Waals surface area contributed by atoms with E-state index in [1.165, 1.54) is 0 Å². The molecule has 0 N–H and O–H groups in total. The van der Waals surface area contributed by atoms with Gasteiger partial charge in [0.15, 0.2) is 5.13 Å². The summed E-state index contributed by atoms with van der Waals surface area (Å²) in [4.78, 5) is 19.7. The summed E-state index contributed by atoms with van der Waals surface area (Å²) in [6.45, 7) is 3.94. The first kappa shape index (κ1) is 13.9. The van der Waals surface area contributed by atoms with Gasteiger partial charge < -0.3 is 0 Å². The maximum absolute atomic E-state index is 12.4. The van der Waals surface area contributed by atoms with E-state index in [2.05, 4.69) is 4.98 Å². The fourth-order valence-corrected chi connectivity index (χ4v) is 4.37. The molecular weight excluding hydrogens is 312 g/mol. The average Bonchev–Trinajstić information content (AvgIpc) is 2.96. The van der Waals surface area contributed by atoms with Crippen LogP contribution in [0.3, 0.4) is 0 Å². The molecule has 0 unspecified atom stereocenters. The van der Waals surface area contributed by atoms with Crippen molar-refractivity contribution < 1.29 is 4.79 Å². The van der Waals surface area contributed by atoms with Gasteiger partial charge in [0.05, 0.1) is 5.25 Å². The summed E-state index contributed by atoms with van der Waals surface area (Å²) in [5, 5.41) is 1.39. The predicted molar refractivity (Wildman–Crippen MR) is 85.6 cm³/mol. The Bertz CT molecular complexity index is 641. The van der Waals surface area contributed by atoms with Crippen molar-refractivity contribution in [2.75, 3.05) is 4.90 Å². The van der Waals surface area contributed by atoms with Gasteiger partial charge in [-0.25, -0.2) is 4.98 Å². The third-order valence-corrected chi connectivity index (χ3v) is 5.64. The van der Waals surface area contributed by atoms with Crippen molar-refractivity contribution >= 4 is 45.7 Å². The zero-order chi connectivity index (χ0) is 14.3. The number of aromatic nitrogens is 1. The first-order chi connectivity index (χ1) is 9.56. The number of anilines is 1. The molecule has 104 valence electrons. The number of carbonyl (C=O) groups is 1. The quantitative estimate of drug-likeness (QED) is 0.827. The van der Waals surface area contributed by atoms with Gasteiger partial charge >= 0.3 is 0 Å². The summed E-state index contributed by atoms with van der Waals surface area (Å²) in [6, 6.07) is 7.66. The van der Waals surface area contributed by atoms with Gasteiger partial charge in [-0.15, -0.1) is 23.1 Å². The first-order valence-corrected chi connectivity index (χ1v) is 8.36. The summed E-state index contributed by atoms with van der Waals surface area (Å²) in [5.74, 6) is 0.115. The Hall–Kier alpha value is -1.04. The van der Waals surface area contributed by atoms with E-state index in [1.54, 1.807) is 34.2 Å². The maximum atomic E-state index is 12.4. The number of thioether (sulfide) groups is 1. The van der Waals surface area contributed by atoms with Gasteiger partial charge in [-0.3, -0.25) is 9.69 Å². The van der Waals surface area contributed by atoms with Crippen LogP contribution in [-0.4, -0.2) is 16.1 Å². The normalized spacial score (nSPS) is 22.6. The van der Waals surface area contributed by atoms with E-state index >= 15 is 0 Å². The second-order valence-corrected chi connectivity index (χ2v) is 7.72. The Morgan fingerprint density at radius 2 is 2.00 bits per heavy atom. The Morgan fingerprint density at radius 3 is 2.60 bits per heavy atom. The van der Waals surface area contributed by atoms with Crippen molar-refractivity contribution in [3.05, 3.63) is 45.9 Å². The number of thiazole rings is 1. The van der Waals surface area contributed by atoms with Crippen LogP contribution in [0.1, 0.15) is 22.7 Å². The van der Waals surface area contributed by atoms with E-state index in [0.29, 0.717) is 5.02 Å². The lowest BCUT2D eigenvalue weighted by Crippen LogP contribution is -2.29. The molecule has 0 aliphatic carbocycles. The van der Waals surface area contributed by atoms with Crippen molar-refractivity contribution in [1.29, 1.82) is 0 Å². The number of hydrogen-bond acceptors (Lipinski definition) is 4. The van der Waals surface area contributed by atoms with Crippen LogP contribution >= 0.6 is 34.7 Å². The minimum absolute atomic E-state index is 0.0275. The van der Waals surface area contributed by atoms with Crippen LogP contribution in [0.4, 0.5) is 5.13 Å². The van der Waals surface area contributed by atoms with Crippen molar-refractivity contribution in [3.63, 3.8) is 0 Å². The van der Waals surface area contributed by atoms with E-state index in [0.717, 1.165) is 15.6 Å². The number of halogens is 1. The molecule has 2 heterocycles. The monoisotopic (exact) mass is 324 g/mol. The van der Waals surface area contributed by atoms with Gasteiger partial charge in [0, 0.05) is 16.1 Å². The summed E-state index contributed by atoms with van der Waals surface area (Å²) in [6.07, 6.45) is 1.81. The minimum atomic E-state index is -0.0557. The lowest BCUT2D eigenvalue weighted by molar-refractivity contribution is -0.117. The molecule has 1 aromatic carbocycles. The molecule has 6 heteroatoms. The highest BCUT2D eigenvalue weighted by molar-refractivity contribution is 8.01. The molecule has 3 nitrogen and oxygen atoms in total. The number of carbonyl (C=O) groups excluding carboxylic acids is 1. The predicted octanol–water partition coefficient (Wildman–Crippen LogP) is 4.27. The molecule has 1 aliphatic heterocycles. The molecule has 0 saturated carbocycles. The average molecular weight is 325 g/mol. The molecule has 1 saturated heterocycles. The number of rotatable bonds is 2. The van der Waals surface area contributed by atoms with Crippen LogP contribution < -0.4 is 4.90 Å². The highest BCUT2D eigenvalue weighted by Crippen LogP contribution is 2.46. The number of nitrogens with zero attached hydrogens (tertiary/aromatic N) is 2. The van der Waals surface area contributed by atoms with Crippen molar-refractivity contribution in [2.24, 2.45) is 0 Å². The number of aryl methyl sites for hydroxylation is 1. The number of hydrogen-bond donors (Lipinski definition) is 0. The molecule has 3 rings (SSSR count). The van der Waals surface area contributed by atoms with Crippen LogP contribution in [0.25, 0.3) is 0 Å². The smallest absolute Gasteiger partial charge is 0.242 e. The van der Waals surface area contributed by atoms with Gasteiger partial charge in [-0.05, 0) is 31.5 Å². The molecule has 0 spiro atoms. The summed E-state index contributed by atoms with van der Waals surface area (Å²) >= 11 is 9.13. The Morgan fingerprint density at radius 1 is 1.30 bits per heavy atom. The van der Waals surface area contributed by atoms with Gasteiger partial charge in [0.25, 0.3) is 0 Å².